The van der Waals surface area contributed by atoms with Crippen molar-refractivity contribution in [2.45, 2.75) is 0 Å². The van der Waals surface area contributed by atoms with Crippen LogP contribution >= 0.6 is 0 Å². The number of pyridine rings is 4. The van der Waals surface area contributed by atoms with Gasteiger partial charge in [0.05, 0.1) is 22.8 Å². The minimum Gasteiger partial charge on any atom is -0.255 e. The molecule has 4 heterocycles. The molecule has 0 aliphatic heterocycles. The number of nitrogens with zero attached hydrogens (tertiary/aromatic N) is 4. The second-order valence-corrected chi connectivity index (χ2v) is 13.0. The Hall–Kier alpha value is -7.04. The normalized spacial score (nSPS) is 11.5. The molecule has 0 spiro atoms. The molecule has 10 aromatic rings. The van der Waals surface area contributed by atoms with Gasteiger partial charge in [-0.1, -0.05) is 121 Å². The van der Waals surface area contributed by atoms with Gasteiger partial charge in [0, 0.05) is 35.9 Å². The van der Waals surface area contributed by atoms with Crippen molar-refractivity contribution in [2.75, 3.05) is 0 Å². The molecular weight excluding hydrogens is 633 g/mol. The van der Waals surface area contributed by atoms with Crippen molar-refractivity contribution >= 4 is 43.1 Å². The van der Waals surface area contributed by atoms with Crippen LogP contribution in [0.2, 0.25) is 0 Å². The second kappa shape index (κ2) is 12.4. The van der Waals surface area contributed by atoms with Crippen LogP contribution in [0.3, 0.4) is 0 Å². The molecule has 0 N–H and O–H groups in total. The van der Waals surface area contributed by atoms with Crippen molar-refractivity contribution in [3.8, 4) is 56.2 Å². The molecule has 10 rings (SSSR count). The minimum atomic E-state index is 0.856. The molecule has 0 atom stereocenters. The average Bonchev–Trinajstić information content (AvgIpc) is 3.23. The smallest absolute Gasteiger partial charge is 0.0886 e. The summed E-state index contributed by atoms with van der Waals surface area (Å²) < 4.78 is 0. The maximum absolute atomic E-state index is 4.89. The minimum absolute atomic E-state index is 0.856. The third-order valence-electron chi connectivity index (χ3n) is 10.1. The van der Waals surface area contributed by atoms with Gasteiger partial charge in [-0.15, -0.1) is 0 Å². The van der Waals surface area contributed by atoms with Crippen LogP contribution in [0.15, 0.2) is 183 Å². The van der Waals surface area contributed by atoms with Crippen LogP contribution in [0.4, 0.5) is 0 Å². The van der Waals surface area contributed by atoms with E-state index in [1.165, 1.54) is 65.3 Å². The zero-order valence-corrected chi connectivity index (χ0v) is 28.1. The van der Waals surface area contributed by atoms with E-state index >= 15 is 0 Å². The highest BCUT2D eigenvalue weighted by Gasteiger charge is 2.22. The molecule has 0 bridgehead atoms. The molecule has 0 fully saturated rings. The lowest BCUT2D eigenvalue weighted by Crippen LogP contribution is -1.95. The van der Waals surface area contributed by atoms with E-state index < -0.39 is 0 Å². The van der Waals surface area contributed by atoms with E-state index in [1.54, 1.807) is 12.4 Å². The van der Waals surface area contributed by atoms with Crippen molar-refractivity contribution in [2.24, 2.45) is 0 Å². The zero-order chi connectivity index (χ0) is 34.4. The second-order valence-electron chi connectivity index (χ2n) is 13.0. The van der Waals surface area contributed by atoms with E-state index in [2.05, 4.69) is 131 Å². The monoisotopic (exact) mass is 662 g/mol. The topological polar surface area (TPSA) is 51.6 Å². The van der Waals surface area contributed by atoms with Crippen molar-refractivity contribution in [1.29, 1.82) is 0 Å². The first-order valence-corrected chi connectivity index (χ1v) is 17.5. The molecule has 0 saturated carbocycles. The Labute approximate surface area is 300 Å². The summed E-state index contributed by atoms with van der Waals surface area (Å²) in [6, 6.07) is 55.6. The third-order valence-corrected chi connectivity index (χ3v) is 10.1. The van der Waals surface area contributed by atoms with Crippen LogP contribution in [0, 0.1) is 0 Å². The molecule has 4 aromatic heterocycles. The van der Waals surface area contributed by atoms with Gasteiger partial charge in [-0.2, -0.15) is 0 Å². The molecule has 242 valence electrons. The molecule has 0 aliphatic carbocycles. The summed E-state index contributed by atoms with van der Waals surface area (Å²) in [5.41, 5.74) is 10.4. The lowest BCUT2D eigenvalue weighted by atomic mass is 9.81. The SMILES string of the molecule is c1ccc(-c2ccc(-c3c4ccccc4c(-c4c5ccccc5c(-c5ccc(-c6ccccn6)nc5)c5ccccc45)c4ccccc34)cn2)nc1. The van der Waals surface area contributed by atoms with Gasteiger partial charge in [-0.25, -0.2) is 0 Å². The average molecular weight is 663 g/mol. The summed E-state index contributed by atoms with van der Waals surface area (Å²) in [5, 5.41) is 9.57. The first-order valence-electron chi connectivity index (χ1n) is 17.5. The highest BCUT2D eigenvalue weighted by atomic mass is 14.8. The lowest BCUT2D eigenvalue weighted by molar-refractivity contribution is 1.25. The third kappa shape index (κ3) is 4.84. The maximum Gasteiger partial charge on any atom is 0.0886 e. The number of benzene rings is 6. The van der Waals surface area contributed by atoms with Crippen LogP contribution in [-0.4, -0.2) is 19.9 Å². The first kappa shape index (κ1) is 29.8. The van der Waals surface area contributed by atoms with Gasteiger partial charge in [0.2, 0.25) is 0 Å². The Morgan fingerprint density at radius 1 is 0.231 bits per heavy atom. The van der Waals surface area contributed by atoms with Crippen molar-refractivity contribution < 1.29 is 0 Å². The predicted octanol–water partition coefficient (Wildman–Crippen LogP) is 12.2. The van der Waals surface area contributed by atoms with Crippen LogP contribution in [-0.2, 0) is 0 Å². The standard InChI is InChI=1S/C48H30N4/c1-5-17-37-33(13-1)45(31-23-25-43(51-29-31)41-21-9-11-27-49-41)34-14-2-6-18-38(34)47(37)48-39-19-7-3-15-35(39)46(36-16-4-8-20-40(36)48)32-24-26-44(52-30-32)42-22-10-12-28-50-42/h1-30H. The molecule has 4 heteroatoms. The highest BCUT2D eigenvalue weighted by Crippen LogP contribution is 2.49. The van der Waals surface area contributed by atoms with Crippen LogP contribution in [0.1, 0.15) is 0 Å². The zero-order valence-electron chi connectivity index (χ0n) is 28.1. The molecule has 6 aromatic carbocycles. The summed E-state index contributed by atoms with van der Waals surface area (Å²) in [5.74, 6) is 0. The van der Waals surface area contributed by atoms with Gasteiger partial charge in [0.1, 0.15) is 0 Å². The summed E-state index contributed by atoms with van der Waals surface area (Å²) in [7, 11) is 0. The summed E-state index contributed by atoms with van der Waals surface area (Å²) in [6.07, 6.45) is 7.59. The first-order chi connectivity index (χ1) is 25.8. The fourth-order valence-electron chi connectivity index (χ4n) is 7.83. The number of hydrogen-bond donors (Lipinski definition) is 0. The number of aromatic nitrogens is 4. The highest BCUT2D eigenvalue weighted by molar-refractivity contribution is 6.29. The molecule has 0 amide bonds. The van der Waals surface area contributed by atoms with Gasteiger partial charge in [0.25, 0.3) is 0 Å². The Morgan fingerprint density at radius 2 is 0.519 bits per heavy atom. The van der Waals surface area contributed by atoms with Crippen LogP contribution in [0.5, 0.6) is 0 Å². The Bertz CT molecular complexity index is 2600. The fourth-order valence-corrected chi connectivity index (χ4v) is 7.83. The molecule has 0 saturated heterocycles. The Kier molecular flexibility index (Phi) is 7.10. The maximum atomic E-state index is 4.89. The van der Waals surface area contributed by atoms with Crippen molar-refractivity contribution in [1.82, 2.24) is 19.9 Å². The van der Waals surface area contributed by atoms with Gasteiger partial charge in [-0.05, 0) is 102 Å². The molecule has 0 aliphatic rings. The van der Waals surface area contributed by atoms with Crippen LogP contribution in [0.25, 0.3) is 99.2 Å². The van der Waals surface area contributed by atoms with Gasteiger partial charge < -0.3 is 0 Å². The van der Waals surface area contributed by atoms with E-state index in [0.717, 1.165) is 33.9 Å². The Balaban J connectivity index is 1.25. The van der Waals surface area contributed by atoms with Crippen LogP contribution < -0.4 is 0 Å². The Morgan fingerprint density at radius 3 is 0.788 bits per heavy atom. The van der Waals surface area contributed by atoms with Crippen molar-refractivity contribution in [3.63, 3.8) is 0 Å². The van der Waals surface area contributed by atoms with E-state index in [9.17, 15) is 0 Å². The van der Waals surface area contributed by atoms with E-state index in [0.29, 0.717) is 0 Å². The van der Waals surface area contributed by atoms with Crippen molar-refractivity contribution in [3.05, 3.63) is 183 Å². The quantitative estimate of drug-likeness (QED) is 0.172. The fraction of sp³-hybridized carbons (Fsp3) is 0. The molecular formula is C48H30N4. The summed E-state index contributed by atoms with van der Waals surface area (Å²) in [6.45, 7) is 0. The molecule has 4 nitrogen and oxygen atoms in total. The largest absolute Gasteiger partial charge is 0.255 e. The van der Waals surface area contributed by atoms with Gasteiger partial charge in [-0.3, -0.25) is 19.9 Å². The van der Waals surface area contributed by atoms with E-state index in [4.69, 9.17) is 9.97 Å². The summed E-state index contributed by atoms with van der Waals surface area (Å²) in [4.78, 5) is 18.8. The summed E-state index contributed by atoms with van der Waals surface area (Å²) >= 11 is 0. The van der Waals surface area contributed by atoms with Gasteiger partial charge in [0.15, 0.2) is 0 Å². The number of rotatable bonds is 5. The molecule has 0 unspecified atom stereocenters. The molecule has 0 radical (unpaired) electrons. The van der Waals surface area contributed by atoms with E-state index in [1.807, 2.05) is 48.8 Å². The lowest BCUT2D eigenvalue weighted by Gasteiger charge is -2.22. The van der Waals surface area contributed by atoms with Gasteiger partial charge >= 0.3 is 0 Å². The molecule has 52 heavy (non-hydrogen) atoms. The number of hydrogen-bond acceptors (Lipinski definition) is 4. The number of fused-ring (bicyclic) bond motifs is 4. The van der Waals surface area contributed by atoms with E-state index in [-0.39, 0.29) is 0 Å². The predicted molar refractivity (Wildman–Crippen MR) is 215 cm³/mol.